The lowest BCUT2D eigenvalue weighted by Gasteiger charge is -2.13. The summed E-state index contributed by atoms with van der Waals surface area (Å²) in [5, 5.41) is 0.430. The van der Waals surface area contributed by atoms with Gasteiger partial charge < -0.3 is 0 Å². The summed E-state index contributed by atoms with van der Waals surface area (Å²) in [6.07, 6.45) is 0. The molecule has 0 aliphatic rings. The van der Waals surface area contributed by atoms with Crippen LogP contribution in [0.5, 0.6) is 0 Å². The van der Waals surface area contributed by atoms with E-state index in [9.17, 15) is 0 Å². The molecular weight excluding hydrogens is 439 g/mol. The van der Waals surface area contributed by atoms with Gasteiger partial charge in [-0.3, -0.25) is 4.57 Å². The van der Waals surface area contributed by atoms with Crippen molar-refractivity contribution in [1.82, 2.24) is 9.55 Å². The molecule has 0 spiro atoms. The molecule has 3 aromatic rings. The van der Waals surface area contributed by atoms with Crippen molar-refractivity contribution >= 4 is 66.1 Å². The predicted octanol–water partition coefficient (Wildman–Crippen LogP) is 6.50. The summed E-state index contributed by atoms with van der Waals surface area (Å²) in [5.41, 5.74) is 2.80. The second-order valence-corrected chi connectivity index (χ2v) is 7.40. The molecule has 0 radical (unpaired) electrons. The quantitative estimate of drug-likeness (QED) is 0.409. The third-order valence-corrected chi connectivity index (χ3v) is 5.24. The third kappa shape index (κ3) is 2.74. The van der Waals surface area contributed by atoms with Gasteiger partial charge in [0.05, 0.1) is 31.6 Å². The van der Waals surface area contributed by atoms with Crippen LogP contribution >= 0.6 is 55.1 Å². The van der Waals surface area contributed by atoms with Crippen LogP contribution in [0.3, 0.4) is 0 Å². The summed E-state index contributed by atoms with van der Waals surface area (Å²) in [4.78, 5) is 4.65. The van der Waals surface area contributed by atoms with Gasteiger partial charge in [-0.2, -0.15) is 0 Å². The molecule has 2 aromatic carbocycles. The molecule has 108 valence electrons. The first-order valence-corrected chi connectivity index (χ1v) is 8.65. The Bertz CT molecular complexity index is 828. The molecule has 0 bridgehead atoms. The number of alkyl halides is 1. The summed E-state index contributed by atoms with van der Waals surface area (Å²) in [7, 11) is 0. The highest BCUT2D eigenvalue weighted by atomic mass is 79.9. The van der Waals surface area contributed by atoms with Gasteiger partial charge in [0.2, 0.25) is 0 Å². The predicted molar refractivity (Wildman–Crippen MR) is 95.7 cm³/mol. The highest BCUT2D eigenvalue weighted by molar-refractivity contribution is 9.11. The second-order valence-electron chi connectivity index (χ2n) is 4.63. The van der Waals surface area contributed by atoms with E-state index < -0.39 is 0 Å². The van der Waals surface area contributed by atoms with Gasteiger partial charge in [-0.1, -0.05) is 33.6 Å². The van der Waals surface area contributed by atoms with Crippen molar-refractivity contribution in [2.45, 2.75) is 12.3 Å². The Morgan fingerprint density at radius 2 is 1.95 bits per heavy atom. The van der Waals surface area contributed by atoms with Crippen LogP contribution in [0.4, 0.5) is 0 Å². The van der Waals surface area contributed by atoms with Crippen molar-refractivity contribution < 1.29 is 0 Å². The van der Waals surface area contributed by atoms with Gasteiger partial charge in [0.1, 0.15) is 5.82 Å². The van der Waals surface area contributed by atoms with Crippen molar-refractivity contribution in [3.8, 4) is 5.69 Å². The number of benzene rings is 2. The summed E-state index contributed by atoms with van der Waals surface area (Å²) >= 11 is 19.6. The topological polar surface area (TPSA) is 17.8 Å². The molecule has 0 saturated carbocycles. The molecule has 21 heavy (non-hydrogen) atoms. The van der Waals surface area contributed by atoms with Crippen LogP contribution in [0, 0.1) is 0 Å². The highest BCUT2D eigenvalue weighted by Gasteiger charge is 2.18. The van der Waals surface area contributed by atoms with E-state index in [1.54, 1.807) is 0 Å². The number of hydrogen-bond donors (Lipinski definition) is 0. The summed E-state index contributed by atoms with van der Waals surface area (Å²) < 4.78 is 3.85. The van der Waals surface area contributed by atoms with Crippen molar-refractivity contribution in [3.63, 3.8) is 0 Å². The Kier molecular flexibility index (Phi) is 4.33. The Balaban J connectivity index is 2.41. The Hall–Kier alpha value is -0.550. The van der Waals surface area contributed by atoms with Gasteiger partial charge in [-0.15, -0.1) is 11.6 Å². The normalized spacial score (nSPS) is 12.8. The zero-order valence-corrected chi connectivity index (χ0v) is 15.6. The number of nitrogens with zero attached hydrogens (tertiary/aromatic N) is 2. The van der Waals surface area contributed by atoms with Crippen LogP contribution in [0.15, 0.2) is 45.3 Å². The molecule has 2 nitrogen and oxygen atoms in total. The van der Waals surface area contributed by atoms with Gasteiger partial charge in [0, 0.05) is 4.47 Å². The SMILES string of the molecule is CC(Cl)c1nc2ccc(Br)cc2n1-c1cccc(Cl)c1Br. The monoisotopic (exact) mass is 446 g/mol. The number of rotatable bonds is 2. The maximum Gasteiger partial charge on any atom is 0.132 e. The number of fused-ring (bicyclic) bond motifs is 1. The molecule has 3 rings (SSSR count). The van der Waals surface area contributed by atoms with Crippen LogP contribution in [-0.4, -0.2) is 9.55 Å². The maximum absolute atomic E-state index is 6.32. The molecule has 1 aromatic heterocycles. The largest absolute Gasteiger partial charge is 0.294 e. The lowest BCUT2D eigenvalue weighted by molar-refractivity contribution is 0.880. The van der Waals surface area contributed by atoms with E-state index in [-0.39, 0.29) is 5.38 Å². The number of imidazole rings is 1. The first-order valence-electron chi connectivity index (χ1n) is 6.25. The van der Waals surface area contributed by atoms with Crippen LogP contribution in [0.1, 0.15) is 18.1 Å². The number of halogens is 4. The molecule has 0 aliphatic carbocycles. The molecule has 0 amide bonds. The van der Waals surface area contributed by atoms with Gasteiger partial charge in [0.15, 0.2) is 0 Å². The molecule has 0 fully saturated rings. The van der Waals surface area contributed by atoms with Gasteiger partial charge in [-0.05, 0) is 53.2 Å². The zero-order chi connectivity index (χ0) is 15.1. The Morgan fingerprint density at radius 1 is 1.19 bits per heavy atom. The minimum Gasteiger partial charge on any atom is -0.294 e. The van der Waals surface area contributed by atoms with Gasteiger partial charge in [0.25, 0.3) is 0 Å². The molecule has 0 aliphatic heterocycles. The Morgan fingerprint density at radius 3 is 2.67 bits per heavy atom. The molecule has 1 unspecified atom stereocenters. The zero-order valence-electron chi connectivity index (χ0n) is 10.9. The number of aromatic nitrogens is 2. The molecule has 0 saturated heterocycles. The first kappa shape index (κ1) is 15.3. The highest BCUT2D eigenvalue weighted by Crippen LogP contribution is 2.35. The van der Waals surface area contributed by atoms with Crippen LogP contribution < -0.4 is 0 Å². The van der Waals surface area contributed by atoms with E-state index in [4.69, 9.17) is 23.2 Å². The smallest absolute Gasteiger partial charge is 0.132 e. The van der Waals surface area contributed by atoms with E-state index >= 15 is 0 Å². The molecule has 6 heteroatoms. The Labute approximate surface area is 149 Å². The maximum atomic E-state index is 6.32. The first-order chi connectivity index (χ1) is 9.99. The fourth-order valence-corrected chi connectivity index (χ4v) is 3.36. The number of hydrogen-bond acceptors (Lipinski definition) is 1. The van der Waals surface area contributed by atoms with Gasteiger partial charge in [-0.25, -0.2) is 4.98 Å². The fraction of sp³-hybridized carbons (Fsp3) is 0.133. The minimum atomic E-state index is -0.220. The second kappa shape index (κ2) is 5.92. The lowest BCUT2D eigenvalue weighted by atomic mass is 10.2. The molecule has 0 N–H and O–H groups in total. The van der Waals surface area contributed by atoms with Crippen molar-refractivity contribution in [2.24, 2.45) is 0 Å². The molecular formula is C15H10Br2Cl2N2. The third-order valence-electron chi connectivity index (χ3n) is 3.17. The van der Waals surface area contributed by atoms with E-state index in [2.05, 4.69) is 36.8 Å². The standard InChI is InChI=1S/C15H10Br2Cl2N2/c1-8(18)15-20-11-6-5-9(16)7-13(11)21(15)12-4-2-3-10(19)14(12)17/h2-8H,1H3. The van der Waals surface area contributed by atoms with Crippen molar-refractivity contribution in [3.05, 3.63) is 56.2 Å². The van der Waals surface area contributed by atoms with Gasteiger partial charge >= 0.3 is 0 Å². The molecule has 1 atom stereocenters. The summed E-state index contributed by atoms with van der Waals surface area (Å²) in [6, 6.07) is 11.7. The van der Waals surface area contributed by atoms with Crippen molar-refractivity contribution in [1.29, 1.82) is 0 Å². The van der Waals surface area contributed by atoms with Crippen LogP contribution in [-0.2, 0) is 0 Å². The average molecular weight is 449 g/mol. The average Bonchev–Trinajstić information content (AvgIpc) is 2.80. The fourth-order valence-electron chi connectivity index (χ4n) is 2.25. The van der Waals surface area contributed by atoms with Crippen LogP contribution in [0.25, 0.3) is 16.7 Å². The van der Waals surface area contributed by atoms with Crippen molar-refractivity contribution in [2.75, 3.05) is 0 Å². The van der Waals surface area contributed by atoms with Crippen LogP contribution in [0.2, 0.25) is 5.02 Å². The summed E-state index contributed by atoms with van der Waals surface area (Å²) in [6.45, 7) is 1.91. The molecule has 1 heterocycles. The van der Waals surface area contributed by atoms with E-state index in [1.807, 2.05) is 47.9 Å². The van der Waals surface area contributed by atoms with E-state index in [0.717, 1.165) is 31.5 Å². The lowest BCUT2D eigenvalue weighted by Crippen LogP contribution is -2.03. The summed E-state index contributed by atoms with van der Waals surface area (Å²) in [5.74, 6) is 0.785. The van der Waals surface area contributed by atoms with E-state index in [1.165, 1.54) is 0 Å². The minimum absolute atomic E-state index is 0.220. The van der Waals surface area contributed by atoms with E-state index in [0.29, 0.717) is 5.02 Å².